The lowest BCUT2D eigenvalue weighted by Gasteiger charge is -2.07. The molecule has 4 nitrogen and oxygen atoms in total. The van der Waals surface area contributed by atoms with Gasteiger partial charge in [-0.15, -0.1) is 0 Å². The van der Waals surface area contributed by atoms with Gasteiger partial charge in [-0.2, -0.15) is 0 Å². The Kier molecular flexibility index (Phi) is 4.53. The van der Waals surface area contributed by atoms with Gasteiger partial charge >= 0.3 is 0 Å². The van der Waals surface area contributed by atoms with Crippen molar-refractivity contribution < 1.29 is 18.7 Å². The molecule has 20 heavy (non-hydrogen) atoms. The summed E-state index contributed by atoms with van der Waals surface area (Å²) in [4.78, 5) is 15.7. The van der Waals surface area contributed by atoms with E-state index in [0.29, 0.717) is 5.75 Å². The minimum Gasteiger partial charge on any atom is -0.494 e. The van der Waals surface area contributed by atoms with Gasteiger partial charge in [0.2, 0.25) is 0 Å². The summed E-state index contributed by atoms with van der Waals surface area (Å²) in [6.45, 7) is -0.253. The van der Waals surface area contributed by atoms with Crippen molar-refractivity contribution in [1.29, 1.82) is 0 Å². The minimum absolute atomic E-state index is 0.0813. The normalized spacial score (nSPS) is 10.2. The Hall–Kier alpha value is -2.14. The molecule has 2 rings (SSSR count). The van der Waals surface area contributed by atoms with E-state index >= 15 is 0 Å². The Morgan fingerprint density at radius 3 is 2.80 bits per heavy atom. The molecular weight excluding hydrogens is 285 g/mol. The highest BCUT2D eigenvalue weighted by atomic mass is 35.5. The zero-order valence-electron chi connectivity index (χ0n) is 10.6. The summed E-state index contributed by atoms with van der Waals surface area (Å²) in [5.41, 5.74) is 0.198. The molecule has 0 aliphatic carbocycles. The Bertz CT molecular complexity index is 634. The highest BCUT2D eigenvalue weighted by molar-refractivity contribution is 6.30. The predicted octanol–water partition coefficient (Wildman–Crippen LogP) is 3.14. The summed E-state index contributed by atoms with van der Waals surface area (Å²) in [5.74, 6) is -0.585. The number of Topliss-reactive ketones (excluding diaryl/α,β-unsaturated/α-hetero) is 1. The maximum Gasteiger partial charge on any atom is 0.200 e. The van der Waals surface area contributed by atoms with Crippen molar-refractivity contribution in [3.05, 3.63) is 53.1 Å². The fraction of sp³-hybridized carbons (Fsp3) is 0.143. The van der Waals surface area contributed by atoms with E-state index in [1.54, 1.807) is 12.1 Å². The van der Waals surface area contributed by atoms with E-state index in [4.69, 9.17) is 21.1 Å². The number of hydrogen-bond donors (Lipinski definition) is 0. The number of benzene rings is 1. The van der Waals surface area contributed by atoms with Gasteiger partial charge in [-0.3, -0.25) is 4.79 Å². The minimum atomic E-state index is -0.599. The summed E-state index contributed by atoms with van der Waals surface area (Å²) in [7, 11) is 1.35. The summed E-state index contributed by atoms with van der Waals surface area (Å²) in [6.07, 6.45) is 1.51. The van der Waals surface area contributed by atoms with Crippen LogP contribution >= 0.6 is 11.6 Å². The zero-order valence-corrected chi connectivity index (χ0v) is 11.4. The number of ether oxygens (including phenoxy) is 2. The first-order valence-electron chi connectivity index (χ1n) is 5.72. The van der Waals surface area contributed by atoms with Crippen LogP contribution in [0.5, 0.6) is 11.5 Å². The topological polar surface area (TPSA) is 48.4 Å². The van der Waals surface area contributed by atoms with Gasteiger partial charge in [0.1, 0.15) is 0 Å². The van der Waals surface area contributed by atoms with Crippen molar-refractivity contribution in [2.24, 2.45) is 0 Å². The van der Waals surface area contributed by atoms with Gasteiger partial charge in [0.25, 0.3) is 0 Å². The first-order valence-corrected chi connectivity index (χ1v) is 6.09. The monoisotopic (exact) mass is 295 g/mol. The lowest BCUT2D eigenvalue weighted by atomic mass is 10.1. The number of carbonyl (C=O) groups is 1. The molecule has 1 heterocycles. The molecule has 0 bridgehead atoms. The van der Waals surface area contributed by atoms with E-state index in [0.717, 1.165) is 6.07 Å². The number of methoxy groups -OCH3 is 1. The van der Waals surface area contributed by atoms with Crippen molar-refractivity contribution in [3.63, 3.8) is 0 Å². The molecule has 0 atom stereocenters. The van der Waals surface area contributed by atoms with Crippen LogP contribution in [0.1, 0.15) is 10.4 Å². The third kappa shape index (κ3) is 3.24. The summed E-state index contributed by atoms with van der Waals surface area (Å²) >= 11 is 5.79. The van der Waals surface area contributed by atoms with Crippen LogP contribution in [0.2, 0.25) is 5.15 Å². The summed E-state index contributed by atoms with van der Waals surface area (Å²) in [5, 5.41) is 0.168. The van der Waals surface area contributed by atoms with E-state index in [2.05, 4.69) is 4.98 Å². The quantitative estimate of drug-likeness (QED) is 0.628. The van der Waals surface area contributed by atoms with Crippen molar-refractivity contribution in [2.45, 2.75) is 0 Å². The molecule has 1 aromatic carbocycles. The van der Waals surface area contributed by atoms with E-state index in [9.17, 15) is 9.18 Å². The summed E-state index contributed by atoms with van der Waals surface area (Å²) in [6, 6.07) is 7.20. The van der Waals surface area contributed by atoms with Crippen molar-refractivity contribution in [3.8, 4) is 11.5 Å². The third-order valence-corrected chi connectivity index (χ3v) is 2.84. The lowest BCUT2D eigenvalue weighted by Crippen LogP contribution is -2.12. The SMILES string of the molecule is COc1ccc(C(=O)COc2cccnc2Cl)cc1F. The zero-order chi connectivity index (χ0) is 14.5. The molecule has 0 saturated heterocycles. The molecule has 0 fully saturated rings. The Labute approximate surface area is 120 Å². The van der Waals surface area contributed by atoms with Gasteiger partial charge in [-0.1, -0.05) is 11.6 Å². The number of carbonyl (C=O) groups excluding carboxylic acids is 1. The second kappa shape index (κ2) is 6.34. The molecule has 0 aliphatic rings. The smallest absolute Gasteiger partial charge is 0.200 e. The molecule has 104 valence electrons. The van der Waals surface area contributed by atoms with Gasteiger partial charge in [-0.05, 0) is 30.3 Å². The van der Waals surface area contributed by atoms with E-state index in [-0.39, 0.29) is 28.9 Å². The molecular formula is C14H11ClFNO3. The number of pyridine rings is 1. The van der Waals surface area contributed by atoms with E-state index in [1.807, 2.05) is 0 Å². The fourth-order valence-electron chi connectivity index (χ4n) is 1.55. The van der Waals surface area contributed by atoms with E-state index in [1.165, 1.54) is 25.4 Å². The van der Waals surface area contributed by atoms with E-state index < -0.39 is 5.82 Å². The van der Waals surface area contributed by atoms with Crippen LogP contribution in [0.4, 0.5) is 4.39 Å². The average molecular weight is 296 g/mol. The summed E-state index contributed by atoms with van der Waals surface area (Å²) < 4.78 is 23.5. The molecule has 1 aromatic heterocycles. The number of rotatable bonds is 5. The molecule has 0 saturated carbocycles. The van der Waals surface area contributed by atoms with Crippen LogP contribution in [0, 0.1) is 5.82 Å². The standard InChI is InChI=1S/C14H11ClFNO3/c1-19-12-5-4-9(7-10(12)16)11(18)8-20-13-3-2-6-17-14(13)15/h2-7H,8H2,1H3. The van der Waals surface area contributed by atoms with Crippen LogP contribution < -0.4 is 9.47 Å². The maximum atomic E-state index is 13.5. The Morgan fingerprint density at radius 2 is 2.15 bits per heavy atom. The Morgan fingerprint density at radius 1 is 1.35 bits per heavy atom. The van der Waals surface area contributed by atoms with Gasteiger partial charge in [-0.25, -0.2) is 9.37 Å². The highest BCUT2D eigenvalue weighted by Gasteiger charge is 2.12. The van der Waals surface area contributed by atoms with Crippen LogP contribution in [-0.4, -0.2) is 24.5 Å². The third-order valence-electron chi connectivity index (χ3n) is 2.56. The Balaban J connectivity index is 2.05. The van der Waals surface area contributed by atoms with Crippen molar-refractivity contribution in [1.82, 2.24) is 4.98 Å². The molecule has 0 radical (unpaired) electrons. The first kappa shape index (κ1) is 14.3. The lowest BCUT2D eigenvalue weighted by molar-refractivity contribution is 0.0921. The van der Waals surface area contributed by atoms with Crippen LogP contribution in [-0.2, 0) is 0 Å². The molecule has 0 aliphatic heterocycles. The molecule has 6 heteroatoms. The van der Waals surface area contributed by atoms with Gasteiger partial charge < -0.3 is 9.47 Å². The van der Waals surface area contributed by atoms with Gasteiger partial charge in [0.15, 0.2) is 34.9 Å². The highest BCUT2D eigenvalue weighted by Crippen LogP contribution is 2.21. The molecule has 2 aromatic rings. The van der Waals surface area contributed by atoms with Crippen LogP contribution in [0.3, 0.4) is 0 Å². The van der Waals surface area contributed by atoms with Gasteiger partial charge in [0, 0.05) is 11.8 Å². The molecule has 0 spiro atoms. The first-order chi connectivity index (χ1) is 9.61. The number of hydrogen-bond acceptors (Lipinski definition) is 4. The average Bonchev–Trinajstić information content (AvgIpc) is 2.46. The number of aromatic nitrogens is 1. The van der Waals surface area contributed by atoms with Crippen LogP contribution in [0.25, 0.3) is 0 Å². The van der Waals surface area contributed by atoms with Crippen LogP contribution in [0.15, 0.2) is 36.5 Å². The fourth-order valence-corrected chi connectivity index (χ4v) is 1.72. The van der Waals surface area contributed by atoms with Crippen molar-refractivity contribution in [2.75, 3.05) is 13.7 Å². The second-order valence-electron chi connectivity index (χ2n) is 3.85. The molecule has 0 N–H and O–H groups in total. The molecule has 0 unspecified atom stereocenters. The largest absolute Gasteiger partial charge is 0.494 e. The van der Waals surface area contributed by atoms with Gasteiger partial charge in [0.05, 0.1) is 7.11 Å². The maximum absolute atomic E-state index is 13.5. The second-order valence-corrected chi connectivity index (χ2v) is 4.21. The number of nitrogens with zero attached hydrogens (tertiary/aromatic N) is 1. The predicted molar refractivity (Wildman–Crippen MR) is 72.0 cm³/mol. The number of halogens is 2. The number of ketones is 1. The van der Waals surface area contributed by atoms with Crippen molar-refractivity contribution >= 4 is 17.4 Å². The molecule has 0 amide bonds.